The van der Waals surface area contributed by atoms with Crippen LogP contribution in [0.1, 0.15) is 22.5 Å². The van der Waals surface area contributed by atoms with Gasteiger partial charge in [-0.3, -0.25) is 4.72 Å². The topological polar surface area (TPSA) is 64.0 Å². The predicted molar refractivity (Wildman–Crippen MR) is 98.0 cm³/mol. The van der Waals surface area contributed by atoms with Crippen LogP contribution in [0.5, 0.6) is 0 Å². The van der Waals surface area contributed by atoms with Crippen molar-refractivity contribution in [1.82, 2.24) is 9.55 Å². The maximum absolute atomic E-state index is 11.7. The van der Waals surface area contributed by atoms with E-state index in [1.54, 1.807) is 0 Å². The minimum atomic E-state index is -3.37. The second-order valence-electron chi connectivity index (χ2n) is 6.17. The van der Waals surface area contributed by atoms with Gasteiger partial charge in [-0.2, -0.15) is 0 Å². The van der Waals surface area contributed by atoms with Crippen LogP contribution in [0, 0.1) is 20.8 Å². The third-order valence-electron chi connectivity index (χ3n) is 4.23. The highest BCUT2D eigenvalue weighted by Gasteiger charge is 2.17. The number of hydrogen-bond acceptors (Lipinski definition) is 3. The van der Waals surface area contributed by atoms with Crippen molar-refractivity contribution in [3.05, 3.63) is 58.9 Å². The maximum atomic E-state index is 11.7. The second kappa shape index (κ2) is 5.94. The van der Waals surface area contributed by atoms with Gasteiger partial charge in [0.2, 0.25) is 10.0 Å². The summed E-state index contributed by atoms with van der Waals surface area (Å²) >= 11 is 0. The Labute approximate surface area is 142 Å². The van der Waals surface area contributed by atoms with Crippen LogP contribution < -0.4 is 4.72 Å². The normalized spacial score (nSPS) is 11.8. The van der Waals surface area contributed by atoms with Crippen molar-refractivity contribution in [3.8, 4) is 0 Å². The molecule has 1 aromatic heterocycles. The Kier molecular flexibility index (Phi) is 4.09. The largest absolute Gasteiger partial charge is 0.324 e. The molecule has 1 N–H and O–H groups in total. The molecule has 0 aliphatic rings. The SMILES string of the molecule is Cc1cc2c(nc(C)n2Cc2ccccc2)c(NS(C)(=O)=O)c1C. The standard InChI is InChI=1S/C18H21N3O2S/c1-12-10-16-18(17(13(12)2)20-24(4,22)23)19-14(3)21(16)11-15-8-6-5-7-9-15/h5-10,20H,11H2,1-4H3. The van der Waals surface area contributed by atoms with Gasteiger partial charge in [0.15, 0.2) is 0 Å². The number of nitrogens with one attached hydrogen (secondary N) is 1. The number of benzene rings is 2. The summed E-state index contributed by atoms with van der Waals surface area (Å²) in [6.07, 6.45) is 1.16. The number of rotatable bonds is 4. The minimum Gasteiger partial charge on any atom is -0.324 e. The fourth-order valence-electron chi connectivity index (χ4n) is 2.88. The first-order valence-electron chi connectivity index (χ1n) is 7.75. The number of anilines is 1. The van der Waals surface area contributed by atoms with Crippen molar-refractivity contribution in [3.63, 3.8) is 0 Å². The Morgan fingerprint density at radius 1 is 1.12 bits per heavy atom. The summed E-state index contributed by atoms with van der Waals surface area (Å²) < 4.78 is 28.2. The van der Waals surface area contributed by atoms with Crippen LogP contribution in [0.25, 0.3) is 11.0 Å². The van der Waals surface area contributed by atoms with E-state index in [1.165, 1.54) is 5.56 Å². The first-order chi connectivity index (χ1) is 11.3. The molecule has 0 saturated carbocycles. The van der Waals surface area contributed by atoms with Crippen LogP contribution in [0.15, 0.2) is 36.4 Å². The van der Waals surface area contributed by atoms with Gasteiger partial charge in [-0.05, 0) is 43.5 Å². The van der Waals surface area contributed by atoms with Crippen LogP contribution in [0.2, 0.25) is 0 Å². The van der Waals surface area contributed by atoms with E-state index >= 15 is 0 Å². The Morgan fingerprint density at radius 2 is 1.79 bits per heavy atom. The molecular weight excluding hydrogens is 322 g/mol. The first kappa shape index (κ1) is 16.5. The number of nitrogens with zero attached hydrogens (tertiary/aromatic N) is 2. The number of aryl methyl sites for hydroxylation is 2. The average molecular weight is 343 g/mol. The summed E-state index contributed by atoms with van der Waals surface area (Å²) in [4.78, 5) is 4.63. The minimum absolute atomic E-state index is 0.572. The summed E-state index contributed by atoms with van der Waals surface area (Å²) in [7, 11) is -3.37. The molecule has 5 nitrogen and oxygen atoms in total. The highest BCUT2D eigenvalue weighted by molar-refractivity contribution is 7.92. The summed E-state index contributed by atoms with van der Waals surface area (Å²) in [5.74, 6) is 0.857. The Hall–Kier alpha value is -2.34. The predicted octanol–water partition coefficient (Wildman–Crippen LogP) is 3.38. The number of imidazole rings is 1. The van der Waals surface area contributed by atoms with E-state index in [-0.39, 0.29) is 0 Å². The molecule has 0 aliphatic carbocycles. The smallest absolute Gasteiger partial charge is 0.229 e. The molecule has 0 radical (unpaired) electrons. The molecule has 0 spiro atoms. The van der Waals surface area contributed by atoms with E-state index in [2.05, 4.69) is 32.5 Å². The zero-order valence-electron chi connectivity index (χ0n) is 14.3. The average Bonchev–Trinajstić information content (AvgIpc) is 2.81. The zero-order valence-corrected chi connectivity index (χ0v) is 15.1. The molecule has 0 amide bonds. The van der Waals surface area contributed by atoms with E-state index in [4.69, 9.17) is 0 Å². The van der Waals surface area contributed by atoms with E-state index in [1.807, 2.05) is 39.0 Å². The van der Waals surface area contributed by atoms with Crippen LogP contribution in [-0.4, -0.2) is 24.2 Å². The third kappa shape index (κ3) is 3.14. The highest BCUT2D eigenvalue weighted by Crippen LogP contribution is 2.31. The van der Waals surface area contributed by atoms with Crippen molar-refractivity contribution >= 4 is 26.7 Å². The van der Waals surface area contributed by atoms with Crippen molar-refractivity contribution in [1.29, 1.82) is 0 Å². The lowest BCUT2D eigenvalue weighted by Crippen LogP contribution is -2.11. The number of fused-ring (bicyclic) bond motifs is 1. The van der Waals surface area contributed by atoms with Gasteiger partial charge in [0.1, 0.15) is 11.3 Å². The van der Waals surface area contributed by atoms with Crippen LogP contribution in [0.3, 0.4) is 0 Å². The van der Waals surface area contributed by atoms with Gasteiger partial charge < -0.3 is 4.57 Å². The summed E-state index contributed by atoms with van der Waals surface area (Å²) in [6, 6.07) is 12.2. The molecule has 0 atom stereocenters. The fourth-order valence-corrected chi connectivity index (χ4v) is 3.50. The quantitative estimate of drug-likeness (QED) is 0.790. The Morgan fingerprint density at radius 3 is 2.42 bits per heavy atom. The van der Waals surface area contributed by atoms with Crippen molar-refractivity contribution in [2.24, 2.45) is 0 Å². The molecule has 0 unspecified atom stereocenters. The highest BCUT2D eigenvalue weighted by atomic mass is 32.2. The maximum Gasteiger partial charge on any atom is 0.229 e. The van der Waals surface area contributed by atoms with E-state index < -0.39 is 10.0 Å². The van der Waals surface area contributed by atoms with Gasteiger partial charge in [-0.15, -0.1) is 0 Å². The molecule has 3 aromatic rings. The van der Waals surface area contributed by atoms with E-state index in [0.717, 1.165) is 28.7 Å². The molecule has 3 rings (SSSR count). The number of aromatic nitrogens is 2. The molecule has 6 heteroatoms. The third-order valence-corrected chi connectivity index (χ3v) is 4.80. The van der Waals surface area contributed by atoms with Crippen LogP contribution in [-0.2, 0) is 16.6 Å². The second-order valence-corrected chi connectivity index (χ2v) is 7.91. The summed E-state index contributed by atoms with van der Waals surface area (Å²) in [5.41, 5.74) is 5.31. The molecule has 24 heavy (non-hydrogen) atoms. The lowest BCUT2D eigenvalue weighted by molar-refractivity contribution is 0.607. The van der Waals surface area contributed by atoms with Gasteiger partial charge in [-0.1, -0.05) is 30.3 Å². The van der Waals surface area contributed by atoms with Gasteiger partial charge in [0.05, 0.1) is 17.5 Å². The van der Waals surface area contributed by atoms with Crippen molar-refractivity contribution in [2.45, 2.75) is 27.3 Å². The van der Waals surface area contributed by atoms with Crippen LogP contribution >= 0.6 is 0 Å². The van der Waals surface area contributed by atoms with Crippen molar-refractivity contribution < 1.29 is 8.42 Å². The molecule has 1 heterocycles. The monoisotopic (exact) mass is 343 g/mol. The van der Waals surface area contributed by atoms with Crippen LogP contribution in [0.4, 0.5) is 5.69 Å². The molecule has 0 bridgehead atoms. The Bertz CT molecular complexity index is 1010. The van der Waals surface area contributed by atoms with Gasteiger partial charge in [-0.25, -0.2) is 13.4 Å². The van der Waals surface area contributed by atoms with E-state index in [9.17, 15) is 8.42 Å². The van der Waals surface area contributed by atoms with Gasteiger partial charge >= 0.3 is 0 Å². The number of hydrogen-bond donors (Lipinski definition) is 1. The Balaban J connectivity index is 2.21. The summed E-state index contributed by atoms with van der Waals surface area (Å²) in [5, 5.41) is 0. The fraction of sp³-hybridized carbons (Fsp3) is 0.278. The molecular formula is C18H21N3O2S. The zero-order chi connectivity index (χ0) is 17.5. The summed E-state index contributed by atoms with van der Waals surface area (Å²) in [6.45, 7) is 6.53. The van der Waals surface area contributed by atoms with Gasteiger partial charge in [0, 0.05) is 6.54 Å². The molecule has 0 aliphatic heterocycles. The lowest BCUT2D eigenvalue weighted by Gasteiger charge is -2.13. The van der Waals surface area contributed by atoms with E-state index in [0.29, 0.717) is 17.7 Å². The lowest BCUT2D eigenvalue weighted by atomic mass is 10.1. The molecule has 0 saturated heterocycles. The first-order valence-corrected chi connectivity index (χ1v) is 9.64. The molecule has 0 fully saturated rings. The molecule has 2 aromatic carbocycles. The van der Waals surface area contributed by atoms with Crippen molar-refractivity contribution in [2.75, 3.05) is 11.0 Å². The van der Waals surface area contributed by atoms with Gasteiger partial charge in [0.25, 0.3) is 0 Å². The molecule has 126 valence electrons. The number of sulfonamides is 1.